The van der Waals surface area contributed by atoms with Gasteiger partial charge in [0, 0.05) is 24.9 Å². The van der Waals surface area contributed by atoms with E-state index in [1.54, 1.807) is 6.33 Å². The van der Waals surface area contributed by atoms with Crippen molar-refractivity contribution in [1.82, 2.24) is 9.55 Å². The second-order valence-corrected chi connectivity index (χ2v) is 3.53. The van der Waals surface area contributed by atoms with Crippen LogP contribution in [-0.4, -0.2) is 20.8 Å². The second-order valence-electron chi connectivity index (χ2n) is 3.53. The second kappa shape index (κ2) is 2.90. The third-order valence-electron chi connectivity index (χ3n) is 2.71. The van der Waals surface area contributed by atoms with Gasteiger partial charge in [-0.15, -0.1) is 0 Å². The molecule has 1 fully saturated rings. The minimum absolute atomic E-state index is 0.152. The molecule has 1 aliphatic rings. The Morgan fingerprint density at radius 1 is 1.58 bits per heavy atom. The third kappa shape index (κ3) is 1.14. The lowest BCUT2D eigenvalue weighted by Crippen LogP contribution is -2.13. The summed E-state index contributed by atoms with van der Waals surface area (Å²) in [6.45, 7) is 0. The van der Waals surface area contributed by atoms with Crippen molar-refractivity contribution in [1.29, 1.82) is 0 Å². The van der Waals surface area contributed by atoms with Crippen LogP contribution >= 0.6 is 0 Å². The number of aromatic nitrogens is 2. The number of hydrogen-bond acceptors (Lipinski definition) is 2. The fourth-order valence-electron chi connectivity index (χ4n) is 2.01. The number of aliphatic hydroxyl groups excluding tert-OH is 1. The number of rotatable bonds is 1. The van der Waals surface area contributed by atoms with Crippen LogP contribution in [-0.2, 0) is 7.05 Å². The van der Waals surface area contributed by atoms with Crippen molar-refractivity contribution in [3.8, 4) is 0 Å². The Hall–Kier alpha value is -0.830. The molecule has 1 aromatic rings. The SMILES string of the molecule is Cn1cncc1[C@@H]1CCC[C@H]1O. The zero-order chi connectivity index (χ0) is 8.55. The molecular formula is C9H14N2O. The highest BCUT2D eigenvalue weighted by Crippen LogP contribution is 2.33. The maximum atomic E-state index is 9.64. The van der Waals surface area contributed by atoms with Crippen molar-refractivity contribution < 1.29 is 5.11 Å². The fourth-order valence-corrected chi connectivity index (χ4v) is 2.01. The normalized spacial score (nSPS) is 29.5. The molecule has 0 saturated heterocycles. The molecule has 1 aromatic heterocycles. The summed E-state index contributed by atoms with van der Waals surface area (Å²) in [6, 6.07) is 0. The summed E-state index contributed by atoms with van der Waals surface area (Å²) in [5, 5.41) is 9.64. The smallest absolute Gasteiger partial charge is 0.0945 e. The Labute approximate surface area is 72.0 Å². The first-order chi connectivity index (χ1) is 5.79. The Kier molecular flexibility index (Phi) is 1.89. The van der Waals surface area contributed by atoms with Crippen LogP contribution in [0.1, 0.15) is 30.9 Å². The zero-order valence-corrected chi connectivity index (χ0v) is 7.27. The summed E-state index contributed by atoms with van der Waals surface area (Å²) in [6.07, 6.45) is 6.67. The standard InChI is InChI=1S/C9H14N2O/c1-11-6-10-5-8(11)7-3-2-4-9(7)12/h5-7,9,12H,2-4H2,1H3/t7-,9+/m0/s1. The molecule has 1 N–H and O–H groups in total. The lowest BCUT2D eigenvalue weighted by Gasteiger charge is -2.14. The monoisotopic (exact) mass is 166 g/mol. The van der Waals surface area contributed by atoms with E-state index in [4.69, 9.17) is 0 Å². The highest BCUT2D eigenvalue weighted by Gasteiger charge is 2.28. The summed E-state index contributed by atoms with van der Waals surface area (Å²) in [5.74, 6) is 0.317. The van der Waals surface area contributed by atoms with Gasteiger partial charge in [0.1, 0.15) is 0 Å². The molecule has 66 valence electrons. The Morgan fingerprint density at radius 3 is 2.92 bits per heavy atom. The van der Waals surface area contributed by atoms with Crippen LogP contribution in [0.25, 0.3) is 0 Å². The maximum absolute atomic E-state index is 9.64. The average Bonchev–Trinajstić information content (AvgIpc) is 2.59. The quantitative estimate of drug-likeness (QED) is 0.677. The highest BCUT2D eigenvalue weighted by atomic mass is 16.3. The van der Waals surface area contributed by atoms with Crippen LogP contribution in [0.4, 0.5) is 0 Å². The van der Waals surface area contributed by atoms with Gasteiger partial charge >= 0.3 is 0 Å². The van der Waals surface area contributed by atoms with Crippen molar-refractivity contribution >= 4 is 0 Å². The lowest BCUT2D eigenvalue weighted by molar-refractivity contribution is 0.161. The number of aryl methyl sites for hydroxylation is 1. The first-order valence-corrected chi connectivity index (χ1v) is 4.43. The first-order valence-electron chi connectivity index (χ1n) is 4.43. The van der Waals surface area contributed by atoms with Gasteiger partial charge in [-0.05, 0) is 12.8 Å². The summed E-state index contributed by atoms with van der Waals surface area (Å²) in [5.41, 5.74) is 1.17. The summed E-state index contributed by atoms with van der Waals surface area (Å²) in [4.78, 5) is 4.05. The molecule has 3 nitrogen and oxygen atoms in total. The van der Waals surface area contributed by atoms with Crippen LogP contribution in [0.2, 0.25) is 0 Å². The number of hydrogen-bond donors (Lipinski definition) is 1. The third-order valence-corrected chi connectivity index (χ3v) is 2.71. The molecule has 0 unspecified atom stereocenters. The molecule has 2 rings (SSSR count). The molecule has 1 heterocycles. The Morgan fingerprint density at radius 2 is 2.42 bits per heavy atom. The molecule has 0 aliphatic heterocycles. The lowest BCUT2D eigenvalue weighted by atomic mass is 10.0. The molecule has 2 atom stereocenters. The van der Waals surface area contributed by atoms with Crippen molar-refractivity contribution in [2.75, 3.05) is 0 Å². The van der Waals surface area contributed by atoms with Gasteiger partial charge in [0.2, 0.25) is 0 Å². The predicted octanol–water partition coefficient (Wildman–Crippen LogP) is 1.05. The van der Waals surface area contributed by atoms with Crippen molar-refractivity contribution in [3.05, 3.63) is 18.2 Å². The summed E-state index contributed by atoms with van der Waals surface area (Å²) in [7, 11) is 1.98. The topological polar surface area (TPSA) is 38.0 Å². The average molecular weight is 166 g/mol. The van der Waals surface area contributed by atoms with Crippen LogP contribution < -0.4 is 0 Å². The zero-order valence-electron chi connectivity index (χ0n) is 7.27. The van der Waals surface area contributed by atoms with Gasteiger partial charge < -0.3 is 9.67 Å². The molecule has 0 aromatic carbocycles. The van der Waals surface area contributed by atoms with Gasteiger partial charge in [-0.1, -0.05) is 6.42 Å². The van der Waals surface area contributed by atoms with Crippen LogP contribution in [0.15, 0.2) is 12.5 Å². The molecular weight excluding hydrogens is 152 g/mol. The van der Waals surface area contributed by atoms with Crippen molar-refractivity contribution in [2.45, 2.75) is 31.3 Å². The predicted molar refractivity (Wildman–Crippen MR) is 45.8 cm³/mol. The van der Waals surface area contributed by atoms with E-state index in [9.17, 15) is 5.11 Å². The Bertz CT molecular complexity index is 269. The van der Waals surface area contributed by atoms with Gasteiger partial charge in [0.25, 0.3) is 0 Å². The van der Waals surface area contributed by atoms with E-state index in [2.05, 4.69) is 4.98 Å². The van der Waals surface area contributed by atoms with Gasteiger partial charge in [-0.25, -0.2) is 4.98 Å². The van der Waals surface area contributed by atoms with Crippen LogP contribution in [0.3, 0.4) is 0 Å². The summed E-state index contributed by atoms with van der Waals surface area (Å²) < 4.78 is 2.00. The molecule has 0 radical (unpaired) electrons. The molecule has 1 aliphatic carbocycles. The molecule has 1 saturated carbocycles. The largest absolute Gasteiger partial charge is 0.392 e. The Balaban J connectivity index is 2.24. The number of imidazole rings is 1. The van der Waals surface area contributed by atoms with E-state index in [0.29, 0.717) is 5.92 Å². The first kappa shape index (κ1) is 7.80. The number of aliphatic hydroxyl groups is 1. The van der Waals surface area contributed by atoms with Gasteiger partial charge in [0.15, 0.2) is 0 Å². The van der Waals surface area contributed by atoms with Gasteiger partial charge in [-0.3, -0.25) is 0 Å². The van der Waals surface area contributed by atoms with Gasteiger partial charge in [-0.2, -0.15) is 0 Å². The van der Waals surface area contributed by atoms with E-state index in [0.717, 1.165) is 19.3 Å². The van der Waals surface area contributed by atoms with E-state index < -0.39 is 0 Å². The fraction of sp³-hybridized carbons (Fsp3) is 0.667. The minimum Gasteiger partial charge on any atom is -0.392 e. The van der Waals surface area contributed by atoms with Crippen LogP contribution in [0.5, 0.6) is 0 Å². The molecule has 0 spiro atoms. The van der Waals surface area contributed by atoms with Crippen molar-refractivity contribution in [2.24, 2.45) is 7.05 Å². The molecule has 0 amide bonds. The molecule has 0 bridgehead atoms. The molecule has 12 heavy (non-hydrogen) atoms. The molecule has 3 heteroatoms. The van der Waals surface area contributed by atoms with E-state index in [-0.39, 0.29) is 6.10 Å². The van der Waals surface area contributed by atoms with E-state index >= 15 is 0 Å². The van der Waals surface area contributed by atoms with Crippen molar-refractivity contribution in [3.63, 3.8) is 0 Å². The maximum Gasteiger partial charge on any atom is 0.0945 e. The minimum atomic E-state index is -0.152. The van der Waals surface area contributed by atoms with Gasteiger partial charge in [0.05, 0.1) is 12.4 Å². The van der Waals surface area contributed by atoms with E-state index in [1.807, 2.05) is 17.8 Å². The number of nitrogens with zero attached hydrogens (tertiary/aromatic N) is 2. The summed E-state index contributed by atoms with van der Waals surface area (Å²) >= 11 is 0. The van der Waals surface area contributed by atoms with Crippen LogP contribution in [0, 0.1) is 0 Å². The highest BCUT2D eigenvalue weighted by molar-refractivity contribution is 5.10. The van der Waals surface area contributed by atoms with E-state index in [1.165, 1.54) is 5.69 Å².